The zero-order valence-corrected chi connectivity index (χ0v) is 19.0. The third-order valence-corrected chi connectivity index (χ3v) is 6.41. The van der Waals surface area contributed by atoms with Gasteiger partial charge in [0.05, 0.1) is 5.75 Å². The molecular formula is C19H22ClN5O2S2. The molecule has 29 heavy (non-hydrogen) atoms. The lowest BCUT2D eigenvalue weighted by Gasteiger charge is -2.17. The zero-order chi connectivity index (χ0) is 21.0. The number of hydrogen-bond donors (Lipinski definition) is 1. The van der Waals surface area contributed by atoms with Gasteiger partial charge in [-0.1, -0.05) is 23.4 Å². The molecule has 3 aromatic rings. The number of ether oxygens (including phenoxy) is 1. The van der Waals surface area contributed by atoms with Crippen LogP contribution >= 0.6 is 34.7 Å². The molecule has 154 valence electrons. The van der Waals surface area contributed by atoms with Crippen LogP contribution in [0.1, 0.15) is 36.9 Å². The number of carbonyl (C=O) groups excluding carboxylic acids is 1. The van der Waals surface area contributed by atoms with Crippen molar-refractivity contribution in [2.75, 3.05) is 11.1 Å². The first-order valence-corrected chi connectivity index (χ1v) is 11.3. The summed E-state index contributed by atoms with van der Waals surface area (Å²) in [5.41, 5.74) is 1.93. The van der Waals surface area contributed by atoms with E-state index in [1.165, 1.54) is 23.1 Å². The van der Waals surface area contributed by atoms with Crippen LogP contribution in [0.25, 0.3) is 0 Å². The fourth-order valence-corrected chi connectivity index (χ4v) is 4.27. The fourth-order valence-electron chi connectivity index (χ4n) is 2.81. The standard InChI is InChI=1S/C19H22ClN5O2S2/c1-5-25-17(13(4)27-14-8-11(2)16(20)12(3)9-14)23-24-19(25)29-10-15(26)22-18-21-6-7-28-18/h6-9,13H,5,10H2,1-4H3,(H,21,22,26). The molecule has 0 bridgehead atoms. The van der Waals surface area contributed by atoms with Crippen molar-refractivity contribution >= 4 is 45.7 Å². The molecule has 1 N–H and O–H groups in total. The predicted octanol–water partition coefficient (Wildman–Crippen LogP) is 4.90. The molecule has 0 radical (unpaired) electrons. The number of hydrogen-bond acceptors (Lipinski definition) is 7. The summed E-state index contributed by atoms with van der Waals surface area (Å²) in [6, 6.07) is 3.83. The molecule has 1 unspecified atom stereocenters. The third kappa shape index (κ3) is 5.29. The number of aromatic nitrogens is 4. The van der Waals surface area contributed by atoms with E-state index in [0.29, 0.717) is 22.7 Å². The van der Waals surface area contributed by atoms with E-state index in [1.807, 2.05) is 49.8 Å². The second-order valence-corrected chi connectivity index (χ2v) is 8.61. The molecule has 0 spiro atoms. The van der Waals surface area contributed by atoms with E-state index < -0.39 is 0 Å². The van der Waals surface area contributed by atoms with E-state index in [-0.39, 0.29) is 17.8 Å². The average Bonchev–Trinajstić information content (AvgIpc) is 3.33. The monoisotopic (exact) mass is 451 g/mol. The van der Waals surface area contributed by atoms with E-state index in [0.717, 1.165) is 21.9 Å². The first-order chi connectivity index (χ1) is 13.9. The van der Waals surface area contributed by atoms with Crippen molar-refractivity contribution in [2.24, 2.45) is 0 Å². The Labute approximate surface area is 182 Å². The number of halogens is 1. The average molecular weight is 452 g/mol. The number of nitrogens with one attached hydrogen (secondary N) is 1. The van der Waals surface area contributed by atoms with Crippen LogP contribution in [0.2, 0.25) is 5.02 Å². The topological polar surface area (TPSA) is 81.9 Å². The van der Waals surface area contributed by atoms with Crippen LogP contribution in [-0.2, 0) is 11.3 Å². The van der Waals surface area contributed by atoms with Gasteiger partial charge in [0.1, 0.15) is 5.75 Å². The highest BCUT2D eigenvalue weighted by Gasteiger charge is 2.20. The molecule has 7 nitrogen and oxygen atoms in total. The molecular weight excluding hydrogens is 430 g/mol. The van der Waals surface area contributed by atoms with Gasteiger partial charge in [0.2, 0.25) is 5.91 Å². The number of benzene rings is 1. The minimum Gasteiger partial charge on any atom is -0.483 e. The molecule has 3 rings (SSSR count). The van der Waals surface area contributed by atoms with Crippen molar-refractivity contribution in [3.05, 3.63) is 45.7 Å². The van der Waals surface area contributed by atoms with E-state index in [4.69, 9.17) is 16.3 Å². The van der Waals surface area contributed by atoms with E-state index in [2.05, 4.69) is 20.5 Å². The Morgan fingerprint density at radius 1 is 1.34 bits per heavy atom. The summed E-state index contributed by atoms with van der Waals surface area (Å²) in [5.74, 6) is 1.54. The first-order valence-electron chi connectivity index (χ1n) is 9.07. The number of amides is 1. The van der Waals surface area contributed by atoms with Crippen molar-refractivity contribution in [1.82, 2.24) is 19.7 Å². The summed E-state index contributed by atoms with van der Waals surface area (Å²) >= 11 is 8.95. The molecule has 0 aliphatic rings. The molecule has 1 amide bonds. The number of anilines is 1. The van der Waals surface area contributed by atoms with Crippen LogP contribution in [0.15, 0.2) is 28.9 Å². The second kappa shape index (κ2) is 9.60. The molecule has 2 aromatic heterocycles. The Hall–Kier alpha value is -2.10. The zero-order valence-electron chi connectivity index (χ0n) is 16.6. The minimum absolute atomic E-state index is 0.131. The van der Waals surface area contributed by atoms with Gasteiger partial charge in [-0.25, -0.2) is 4.98 Å². The number of thioether (sulfide) groups is 1. The maximum Gasteiger partial charge on any atom is 0.236 e. The summed E-state index contributed by atoms with van der Waals surface area (Å²) in [6.07, 6.45) is 1.35. The maximum absolute atomic E-state index is 12.1. The largest absolute Gasteiger partial charge is 0.483 e. The number of aryl methyl sites for hydroxylation is 2. The highest BCUT2D eigenvalue weighted by atomic mass is 35.5. The number of thiazole rings is 1. The van der Waals surface area contributed by atoms with Crippen molar-refractivity contribution in [2.45, 2.75) is 45.5 Å². The normalized spacial score (nSPS) is 12.0. The quantitative estimate of drug-likeness (QED) is 0.491. The summed E-state index contributed by atoms with van der Waals surface area (Å²) in [6.45, 7) is 8.51. The smallest absolute Gasteiger partial charge is 0.236 e. The molecule has 0 aliphatic carbocycles. The van der Waals surface area contributed by atoms with Gasteiger partial charge in [-0.05, 0) is 51.0 Å². The summed E-state index contributed by atoms with van der Waals surface area (Å²) in [7, 11) is 0. The van der Waals surface area contributed by atoms with Gasteiger partial charge in [-0.3, -0.25) is 4.79 Å². The molecule has 0 fully saturated rings. The van der Waals surface area contributed by atoms with Crippen LogP contribution in [0.4, 0.5) is 5.13 Å². The van der Waals surface area contributed by atoms with Gasteiger partial charge < -0.3 is 14.6 Å². The lowest BCUT2D eigenvalue weighted by molar-refractivity contribution is -0.113. The van der Waals surface area contributed by atoms with Gasteiger partial charge in [0.25, 0.3) is 0 Å². The summed E-state index contributed by atoms with van der Waals surface area (Å²) < 4.78 is 8.05. The first kappa shape index (κ1) is 21.6. The van der Waals surface area contributed by atoms with Crippen LogP contribution in [0.3, 0.4) is 0 Å². The second-order valence-electron chi connectivity index (χ2n) is 6.39. The Kier molecular flexibility index (Phi) is 7.15. The van der Waals surface area contributed by atoms with E-state index in [1.54, 1.807) is 6.20 Å². The third-order valence-electron chi connectivity index (χ3n) is 4.16. The lowest BCUT2D eigenvalue weighted by Crippen LogP contribution is -2.15. The van der Waals surface area contributed by atoms with Crippen molar-refractivity contribution < 1.29 is 9.53 Å². The summed E-state index contributed by atoms with van der Waals surface area (Å²) in [5, 5.41) is 15.1. The van der Waals surface area contributed by atoms with E-state index >= 15 is 0 Å². The molecule has 2 heterocycles. The van der Waals surface area contributed by atoms with Crippen molar-refractivity contribution in [3.63, 3.8) is 0 Å². The maximum atomic E-state index is 12.1. The van der Waals surface area contributed by atoms with Crippen molar-refractivity contribution in [1.29, 1.82) is 0 Å². The Morgan fingerprint density at radius 2 is 2.07 bits per heavy atom. The Morgan fingerprint density at radius 3 is 2.69 bits per heavy atom. The Balaban J connectivity index is 1.67. The van der Waals surface area contributed by atoms with E-state index in [9.17, 15) is 4.79 Å². The lowest BCUT2D eigenvalue weighted by atomic mass is 10.1. The van der Waals surface area contributed by atoms with Crippen LogP contribution in [0.5, 0.6) is 5.75 Å². The van der Waals surface area contributed by atoms with Crippen LogP contribution < -0.4 is 10.1 Å². The molecule has 0 saturated heterocycles. The van der Waals surface area contributed by atoms with Gasteiger partial charge in [0, 0.05) is 23.1 Å². The minimum atomic E-state index is -0.305. The van der Waals surface area contributed by atoms with Crippen molar-refractivity contribution in [3.8, 4) is 5.75 Å². The molecule has 10 heteroatoms. The molecule has 1 aromatic carbocycles. The summed E-state index contributed by atoms with van der Waals surface area (Å²) in [4.78, 5) is 16.1. The SMILES string of the molecule is CCn1c(SCC(=O)Nc2nccs2)nnc1C(C)Oc1cc(C)c(Cl)c(C)c1. The van der Waals surface area contributed by atoms with Gasteiger partial charge in [-0.2, -0.15) is 0 Å². The fraction of sp³-hybridized carbons (Fsp3) is 0.368. The molecule has 1 atom stereocenters. The Bertz CT molecular complexity index is 968. The highest BCUT2D eigenvalue weighted by Crippen LogP contribution is 2.29. The van der Waals surface area contributed by atoms with Crippen LogP contribution in [0, 0.1) is 13.8 Å². The molecule has 0 saturated carbocycles. The number of carbonyl (C=O) groups is 1. The number of rotatable bonds is 8. The van der Waals surface area contributed by atoms with Crippen LogP contribution in [-0.4, -0.2) is 31.4 Å². The predicted molar refractivity (Wildman–Crippen MR) is 117 cm³/mol. The number of nitrogens with zero attached hydrogens (tertiary/aromatic N) is 4. The van der Waals surface area contributed by atoms with Gasteiger partial charge >= 0.3 is 0 Å². The highest BCUT2D eigenvalue weighted by molar-refractivity contribution is 7.99. The van der Waals surface area contributed by atoms with Gasteiger partial charge in [0.15, 0.2) is 22.2 Å². The van der Waals surface area contributed by atoms with Gasteiger partial charge in [-0.15, -0.1) is 21.5 Å². The molecule has 0 aliphatic heterocycles.